The number of quaternary nitrogens is 1. The fraction of sp³-hybridized carbons (Fsp3) is 0.850. The van der Waals surface area contributed by atoms with Crippen LogP contribution in [0.15, 0.2) is 12.2 Å². The molecule has 0 aromatic rings. The minimum absolute atomic E-state index is 0.191. The number of hydrogen-bond acceptors (Lipinski definition) is 8. The van der Waals surface area contributed by atoms with E-state index in [0.29, 0.717) is 58.1 Å². The van der Waals surface area contributed by atoms with E-state index in [2.05, 4.69) is 20.4 Å². The van der Waals surface area contributed by atoms with Gasteiger partial charge in [0.05, 0.1) is 69.4 Å². The summed E-state index contributed by atoms with van der Waals surface area (Å²) in [7, 11) is -4.13. The van der Waals surface area contributed by atoms with E-state index in [1.807, 2.05) is 0 Å². The zero-order chi connectivity index (χ0) is 22.9. The van der Waals surface area contributed by atoms with Crippen molar-refractivity contribution < 1.29 is 41.2 Å². The Morgan fingerprint density at radius 1 is 0.867 bits per heavy atom. The van der Waals surface area contributed by atoms with Crippen LogP contribution in [-0.2, 0) is 33.9 Å². The highest BCUT2D eigenvalue weighted by atomic mass is 32.2. The highest BCUT2D eigenvalue weighted by Crippen LogP contribution is 2.10. The molecule has 0 aliphatic rings. The van der Waals surface area contributed by atoms with Gasteiger partial charge in [0.25, 0.3) is 0 Å². The first-order valence-electron chi connectivity index (χ1n) is 10.5. The third-order valence-corrected chi connectivity index (χ3v) is 5.67. The molecular weight excluding hydrogens is 414 g/mol. The molecule has 0 spiro atoms. The molecule has 0 aliphatic carbocycles. The summed E-state index contributed by atoms with van der Waals surface area (Å²) >= 11 is 0. The van der Waals surface area contributed by atoms with E-state index in [1.54, 1.807) is 6.92 Å². The van der Waals surface area contributed by atoms with Gasteiger partial charge in [0.2, 0.25) is 0 Å². The number of carbonyl (C=O) groups excluding carboxylic acids is 1. The van der Waals surface area contributed by atoms with Crippen LogP contribution < -0.4 is 0 Å². The number of ether oxygens (including phenoxy) is 4. The molecule has 10 heteroatoms. The van der Waals surface area contributed by atoms with Gasteiger partial charge in [-0.05, 0) is 33.6 Å². The smallest absolute Gasteiger partial charge is 0.333 e. The second-order valence-electron chi connectivity index (χ2n) is 7.14. The van der Waals surface area contributed by atoms with E-state index in [-0.39, 0.29) is 12.4 Å². The van der Waals surface area contributed by atoms with Crippen molar-refractivity contribution >= 4 is 16.1 Å². The Balaban J connectivity index is 3.71. The summed E-state index contributed by atoms with van der Waals surface area (Å²) < 4.78 is 54.2. The maximum atomic E-state index is 11.2. The molecule has 0 N–H and O–H groups in total. The van der Waals surface area contributed by atoms with E-state index in [1.165, 1.54) is 0 Å². The fourth-order valence-electron chi connectivity index (χ4n) is 2.81. The Hall–Kier alpha value is -1.04. The van der Waals surface area contributed by atoms with Gasteiger partial charge in [-0.1, -0.05) is 6.58 Å². The quantitative estimate of drug-likeness (QED) is 0.0893. The standard InChI is InChI=1S/C20H39NO8S/c1-5-21(6-2,9-7-8-18-30(23,24)25)10-11-26-12-13-27-14-15-28-16-17-29-20(22)19(3)4/h3,5-18H2,1-2,4H3. The molecule has 0 aliphatic heterocycles. The lowest BCUT2D eigenvalue weighted by Gasteiger charge is -2.37. The molecule has 0 bridgehead atoms. The SMILES string of the molecule is C=C(C)C(=O)OCCOCCOCCOCC[N+](CC)(CC)CCCCS(=O)(=O)[O-]. The molecule has 0 saturated heterocycles. The van der Waals surface area contributed by atoms with E-state index >= 15 is 0 Å². The van der Waals surface area contributed by atoms with Gasteiger partial charge in [0.15, 0.2) is 0 Å². The number of hydrogen-bond donors (Lipinski definition) is 0. The van der Waals surface area contributed by atoms with Gasteiger partial charge in [-0.15, -0.1) is 0 Å². The summed E-state index contributed by atoms with van der Waals surface area (Å²) in [5, 5.41) is 0. The number of unbranched alkanes of at least 4 members (excludes halogenated alkanes) is 1. The van der Waals surface area contributed by atoms with Crippen LogP contribution in [0.25, 0.3) is 0 Å². The lowest BCUT2D eigenvalue weighted by molar-refractivity contribution is -0.925. The second-order valence-corrected chi connectivity index (χ2v) is 8.67. The third kappa shape index (κ3) is 15.8. The summed E-state index contributed by atoms with van der Waals surface area (Å²) in [6.45, 7) is 15.7. The van der Waals surface area contributed by atoms with Crippen LogP contribution in [0.4, 0.5) is 0 Å². The molecule has 178 valence electrons. The van der Waals surface area contributed by atoms with Crippen molar-refractivity contribution in [2.75, 3.05) is 78.2 Å². The molecule has 0 rings (SSSR count). The predicted octanol–water partition coefficient (Wildman–Crippen LogP) is 1.34. The van der Waals surface area contributed by atoms with Crippen molar-refractivity contribution in [3.05, 3.63) is 12.2 Å². The van der Waals surface area contributed by atoms with Gasteiger partial charge in [0, 0.05) is 11.3 Å². The van der Waals surface area contributed by atoms with Crippen LogP contribution in [-0.4, -0.2) is 102 Å². The molecule has 0 unspecified atom stereocenters. The minimum Gasteiger partial charge on any atom is -0.748 e. The topological polar surface area (TPSA) is 111 Å². The lowest BCUT2D eigenvalue weighted by atomic mass is 10.2. The first-order valence-corrected chi connectivity index (χ1v) is 12.1. The Labute approximate surface area is 181 Å². The largest absolute Gasteiger partial charge is 0.748 e. The number of likely N-dealkylation sites (N-methyl/N-ethyl adjacent to an activating group) is 1. The van der Waals surface area contributed by atoms with E-state index in [0.717, 1.165) is 30.7 Å². The molecule has 0 atom stereocenters. The van der Waals surface area contributed by atoms with Crippen molar-refractivity contribution in [2.45, 2.75) is 33.6 Å². The van der Waals surface area contributed by atoms with Gasteiger partial charge in [-0.25, -0.2) is 13.2 Å². The molecule has 0 radical (unpaired) electrons. The summed E-state index contributed by atoms with van der Waals surface area (Å²) in [5.74, 6) is -0.714. The molecule has 0 saturated carbocycles. The molecular formula is C20H39NO8S. The van der Waals surface area contributed by atoms with Crippen molar-refractivity contribution in [3.8, 4) is 0 Å². The monoisotopic (exact) mass is 453 g/mol. The highest BCUT2D eigenvalue weighted by Gasteiger charge is 2.22. The highest BCUT2D eigenvalue weighted by molar-refractivity contribution is 7.85. The average Bonchev–Trinajstić information content (AvgIpc) is 2.69. The number of rotatable bonds is 20. The molecule has 0 heterocycles. The van der Waals surface area contributed by atoms with E-state index in [4.69, 9.17) is 18.9 Å². The van der Waals surface area contributed by atoms with Gasteiger partial charge < -0.3 is 28.0 Å². The van der Waals surface area contributed by atoms with Crippen LogP contribution in [0.3, 0.4) is 0 Å². The molecule has 0 aromatic heterocycles. The molecule has 9 nitrogen and oxygen atoms in total. The van der Waals surface area contributed by atoms with Gasteiger partial charge in [-0.3, -0.25) is 0 Å². The summed E-state index contributed by atoms with van der Waals surface area (Å²) in [5.41, 5.74) is 0.363. The summed E-state index contributed by atoms with van der Waals surface area (Å²) in [6, 6.07) is 0. The second kappa shape index (κ2) is 16.6. The maximum Gasteiger partial charge on any atom is 0.333 e. The molecule has 0 amide bonds. The van der Waals surface area contributed by atoms with Crippen molar-refractivity contribution in [3.63, 3.8) is 0 Å². The third-order valence-electron chi connectivity index (χ3n) is 4.88. The van der Waals surface area contributed by atoms with E-state index < -0.39 is 16.1 Å². The van der Waals surface area contributed by atoms with Crippen molar-refractivity contribution in [1.82, 2.24) is 0 Å². The zero-order valence-electron chi connectivity index (χ0n) is 18.7. The fourth-order valence-corrected chi connectivity index (χ4v) is 3.37. The number of nitrogens with zero attached hydrogens (tertiary/aromatic N) is 1. The van der Waals surface area contributed by atoms with E-state index in [9.17, 15) is 17.8 Å². The van der Waals surface area contributed by atoms with Gasteiger partial charge >= 0.3 is 5.97 Å². The maximum absolute atomic E-state index is 11.2. The van der Waals surface area contributed by atoms with Crippen LogP contribution in [0.2, 0.25) is 0 Å². The molecule has 0 fully saturated rings. The van der Waals surface area contributed by atoms with Crippen LogP contribution in [0.5, 0.6) is 0 Å². The van der Waals surface area contributed by atoms with Crippen molar-refractivity contribution in [2.24, 2.45) is 0 Å². The Bertz CT molecular complexity index is 575. The average molecular weight is 454 g/mol. The lowest BCUT2D eigenvalue weighted by Crippen LogP contribution is -2.50. The number of esters is 1. The Kier molecular flexibility index (Phi) is 16.1. The van der Waals surface area contributed by atoms with Crippen molar-refractivity contribution in [1.29, 1.82) is 0 Å². The number of carbonyl (C=O) groups is 1. The van der Waals surface area contributed by atoms with Crippen LogP contribution in [0.1, 0.15) is 33.6 Å². The molecule has 30 heavy (non-hydrogen) atoms. The zero-order valence-corrected chi connectivity index (χ0v) is 19.5. The van der Waals surface area contributed by atoms with Gasteiger partial charge in [-0.2, -0.15) is 0 Å². The minimum atomic E-state index is -4.13. The summed E-state index contributed by atoms with van der Waals surface area (Å²) in [6.07, 6.45) is 1.11. The van der Waals surface area contributed by atoms with Crippen LogP contribution >= 0.6 is 0 Å². The normalized spacial score (nSPS) is 12.1. The first-order chi connectivity index (χ1) is 14.2. The Morgan fingerprint density at radius 3 is 1.83 bits per heavy atom. The predicted molar refractivity (Wildman–Crippen MR) is 113 cm³/mol. The Morgan fingerprint density at radius 2 is 1.37 bits per heavy atom. The first kappa shape index (κ1) is 29.0. The van der Waals surface area contributed by atoms with Gasteiger partial charge in [0.1, 0.15) is 13.2 Å². The van der Waals surface area contributed by atoms with Crippen LogP contribution in [0, 0.1) is 0 Å². The summed E-state index contributed by atoms with van der Waals surface area (Å²) in [4.78, 5) is 11.2. The molecule has 0 aromatic carbocycles.